The van der Waals surface area contributed by atoms with Crippen molar-refractivity contribution in [2.45, 2.75) is 25.8 Å². The molecule has 0 saturated carbocycles. The summed E-state index contributed by atoms with van der Waals surface area (Å²) in [7, 11) is 0. The van der Waals surface area contributed by atoms with Gasteiger partial charge in [-0.15, -0.1) is 0 Å². The van der Waals surface area contributed by atoms with Gasteiger partial charge in [0.25, 0.3) is 5.91 Å². The van der Waals surface area contributed by atoms with Crippen LogP contribution >= 0.6 is 11.8 Å². The average Bonchev–Trinajstić information content (AvgIpc) is 2.22. The number of nitrogens with zero attached hydrogens (tertiary/aromatic N) is 1. The van der Waals surface area contributed by atoms with Gasteiger partial charge in [-0.05, 0) is 31.9 Å². The van der Waals surface area contributed by atoms with Crippen LogP contribution in [0.3, 0.4) is 0 Å². The molecule has 0 bridgehead atoms. The second kappa shape index (κ2) is 5.18. The Kier molecular flexibility index (Phi) is 4.11. The maximum Gasteiger partial charge on any atom is 0.251 e. The lowest BCUT2D eigenvalue weighted by molar-refractivity contribution is -0.301. The lowest BCUT2D eigenvalue weighted by atomic mass is 10.0. The van der Waals surface area contributed by atoms with Crippen LogP contribution in [-0.4, -0.2) is 22.6 Å². The van der Waals surface area contributed by atoms with Gasteiger partial charge in [0.1, 0.15) is 5.03 Å². The molecule has 0 aromatic carbocycles. The highest BCUT2D eigenvalue weighted by Crippen LogP contribution is 2.26. The smallest absolute Gasteiger partial charge is 0.251 e. The minimum Gasteiger partial charge on any atom is -0.549 e. The van der Waals surface area contributed by atoms with Gasteiger partial charge in [0, 0.05) is 11.4 Å². The highest BCUT2D eigenvalue weighted by Gasteiger charge is 2.17. The van der Waals surface area contributed by atoms with Gasteiger partial charge in [0.15, 0.2) is 0 Å². The van der Waals surface area contributed by atoms with Crippen molar-refractivity contribution in [2.75, 3.05) is 5.75 Å². The molecule has 1 aromatic rings. The van der Waals surface area contributed by atoms with E-state index >= 15 is 0 Å². The van der Waals surface area contributed by atoms with Crippen LogP contribution in [0.4, 0.5) is 0 Å². The van der Waals surface area contributed by atoms with Crippen LogP contribution in [-0.2, 0) is 4.79 Å². The van der Waals surface area contributed by atoms with Gasteiger partial charge in [0.05, 0.1) is 11.5 Å². The number of hydrogen-bond acceptors (Lipinski definition) is 5. The van der Waals surface area contributed by atoms with Gasteiger partial charge in [-0.2, -0.15) is 0 Å². The van der Waals surface area contributed by atoms with Crippen molar-refractivity contribution in [3.05, 3.63) is 22.4 Å². The SMILES string of the molecule is Cc1nc(SCC(=O)[O-])c(C(N)=O)c(C)c1C. The second-order valence-electron chi connectivity index (χ2n) is 3.65. The first-order valence-corrected chi connectivity index (χ1v) is 5.93. The number of carboxylic acid groups (broad SMARTS) is 1. The summed E-state index contributed by atoms with van der Waals surface area (Å²) in [5.41, 5.74) is 7.96. The van der Waals surface area contributed by atoms with Gasteiger partial charge in [-0.3, -0.25) is 4.79 Å². The summed E-state index contributed by atoms with van der Waals surface area (Å²) in [6.07, 6.45) is 0. The number of nitrogens with two attached hydrogens (primary N) is 1. The highest BCUT2D eigenvalue weighted by molar-refractivity contribution is 7.99. The monoisotopic (exact) mass is 253 g/mol. The maximum atomic E-state index is 11.4. The lowest BCUT2D eigenvalue weighted by Crippen LogP contribution is -2.25. The normalized spacial score (nSPS) is 10.3. The number of carboxylic acids is 1. The quantitative estimate of drug-likeness (QED) is 0.759. The van der Waals surface area contributed by atoms with Crippen LogP contribution < -0.4 is 10.8 Å². The molecule has 0 fully saturated rings. The molecule has 0 radical (unpaired) electrons. The second-order valence-corrected chi connectivity index (χ2v) is 4.62. The molecule has 1 heterocycles. The van der Waals surface area contributed by atoms with Gasteiger partial charge >= 0.3 is 0 Å². The van der Waals surface area contributed by atoms with E-state index in [4.69, 9.17) is 5.73 Å². The Bertz CT molecular complexity index is 486. The number of aryl methyl sites for hydroxylation is 1. The Morgan fingerprint density at radius 1 is 1.29 bits per heavy atom. The van der Waals surface area contributed by atoms with Crippen LogP contribution in [0.1, 0.15) is 27.2 Å². The average molecular weight is 253 g/mol. The zero-order valence-electron chi connectivity index (χ0n) is 9.86. The molecule has 0 aliphatic carbocycles. The number of pyridine rings is 1. The molecule has 2 N–H and O–H groups in total. The molecule has 0 atom stereocenters. The van der Waals surface area contributed by atoms with E-state index in [0.717, 1.165) is 28.6 Å². The van der Waals surface area contributed by atoms with E-state index in [9.17, 15) is 14.7 Å². The number of carbonyl (C=O) groups is 2. The minimum absolute atomic E-state index is 0.255. The Morgan fingerprint density at radius 2 is 1.88 bits per heavy atom. The third kappa shape index (κ3) is 2.97. The van der Waals surface area contributed by atoms with Gasteiger partial charge in [-0.25, -0.2) is 4.98 Å². The largest absolute Gasteiger partial charge is 0.549 e. The van der Waals surface area contributed by atoms with E-state index < -0.39 is 11.9 Å². The van der Waals surface area contributed by atoms with E-state index in [-0.39, 0.29) is 5.75 Å². The van der Waals surface area contributed by atoms with E-state index in [0.29, 0.717) is 10.6 Å². The van der Waals surface area contributed by atoms with E-state index in [1.165, 1.54) is 0 Å². The molecular formula is C11H13N2O3S-. The molecule has 17 heavy (non-hydrogen) atoms. The Labute approximate surface area is 103 Å². The Morgan fingerprint density at radius 3 is 2.35 bits per heavy atom. The summed E-state index contributed by atoms with van der Waals surface area (Å²) < 4.78 is 0. The van der Waals surface area contributed by atoms with Gasteiger partial charge in [0.2, 0.25) is 0 Å². The standard InChI is InChI=1S/C11H14N2O3S/c1-5-6(2)9(10(12)16)11(13-7(5)3)17-4-8(14)15/h4H2,1-3H3,(H2,12,16)(H,14,15)/p-1. The fourth-order valence-electron chi connectivity index (χ4n) is 1.43. The summed E-state index contributed by atoms with van der Waals surface area (Å²) in [4.78, 5) is 26.0. The summed E-state index contributed by atoms with van der Waals surface area (Å²) in [5.74, 6) is -2.06. The molecule has 1 aromatic heterocycles. The van der Waals surface area contributed by atoms with Crippen molar-refractivity contribution in [2.24, 2.45) is 5.73 Å². The number of carbonyl (C=O) groups excluding carboxylic acids is 2. The first kappa shape index (κ1) is 13.5. The van der Waals surface area contributed by atoms with Crippen LogP contribution in [0.25, 0.3) is 0 Å². The van der Waals surface area contributed by atoms with Crippen LogP contribution in [0.2, 0.25) is 0 Å². The summed E-state index contributed by atoms with van der Waals surface area (Å²) in [6.45, 7) is 5.42. The zero-order valence-corrected chi connectivity index (χ0v) is 10.7. The van der Waals surface area contributed by atoms with E-state index in [1.807, 2.05) is 6.92 Å². The molecule has 92 valence electrons. The Hall–Kier alpha value is -1.56. The summed E-state index contributed by atoms with van der Waals surface area (Å²) >= 11 is 0.947. The Balaban J connectivity index is 3.27. The molecular weight excluding hydrogens is 240 g/mol. The number of rotatable bonds is 4. The van der Waals surface area contributed by atoms with E-state index in [2.05, 4.69) is 4.98 Å². The van der Waals surface area contributed by atoms with Crippen LogP contribution in [0, 0.1) is 20.8 Å². The lowest BCUT2D eigenvalue weighted by Gasteiger charge is -2.13. The topological polar surface area (TPSA) is 96.1 Å². The molecule has 0 unspecified atom stereocenters. The van der Waals surface area contributed by atoms with E-state index in [1.54, 1.807) is 13.8 Å². The number of thioether (sulfide) groups is 1. The minimum atomic E-state index is -1.21. The van der Waals surface area contributed by atoms with Crippen LogP contribution in [0.5, 0.6) is 0 Å². The fourth-order valence-corrected chi connectivity index (χ4v) is 2.29. The molecule has 0 spiro atoms. The van der Waals surface area contributed by atoms with Crippen molar-refractivity contribution in [3.63, 3.8) is 0 Å². The highest BCUT2D eigenvalue weighted by atomic mass is 32.2. The number of aromatic nitrogens is 1. The molecule has 0 aliphatic rings. The number of amides is 1. The van der Waals surface area contributed by atoms with Crippen molar-refractivity contribution >= 4 is 23.6 Å². The third-order valence-electron chi connectivity index (χ3n) is 2.54. The van der Waals surface area contributed by atoms with Crippen molar-refractivity contribution < 1.29 is 14.7 Å². The zero-order chi connectivity index (χ0) is 13.2. The number of primary amides is 1. The number of hydrogen-bond donors (Lipinski definition) is 1. The first-order valence-electron chi connectivity index (χ1n) is 4.94. The van der Waals surface area contributed by atoms with Crippen molar-refractivity contribution in [3.8, 4) is 0 Å². The van der Waals surface area contributed by atoms with Crippen molar-refractivity contribution in [1.29, 1.82) is 0 Å². The maximum absolute atomic E-state index is 11.4. The third-order valence-corrected chi connectivity index (χ3v) is 3.49. The van der Waals surface area contributed by atoms with Gasteiger partial charge < -0.3 is 15.6 Å². The predicted molar refractivity (Wildman–Crippen MR) is 62.7 cm³/mol. The summed E-state index contributed by atoms with van der Waals surface area (Å²) in [6, 6.07) is 0. The predicted octanol–water partition coefficient (Wildman–Crippen LogP) is -0.0522. The number of aliphatic carboxylic acids is 1. The fraction of sp³-hybridized carbons (Fsp3) is 0.364. The van der Waals surface area contributed by atoms with Crippen molar-refractivity contribution in [1.82, 2.24) is 4.98 Å². The molecule has 1 amide bonds. The first-order chi connectivity index (χ1) is 7.84. The molecule has 0 aliphatic heterocycles. The molecule has 5 nitrogen and oxygen atoms in total. The van der Waals surface area contributed by atoms with Gasteiger partial charge in [-0.1, -0.05) is 11.8 Å². The summed E-state index contributed by atoms with van der Waals surface area (Å²) in [5, 5.41) is 10.8. The molecule has 0 saturated heterocycles. The molecule has 6 heteroatoms. The molecule has 1 rings (SSSR count). The van der Waals surface area contributed by atoms with Crippen LogP contribution in [0.15, 0.2) is 5.03 Å².